The number of benzene rings is 2. The lowest BCUT2D eigenvalue weighted by Crippen LogP contribution is -2.32. The molecule has 2 aromatic carbocycles. The maximum absolute atomic E-state index is 12.4. The molecule has 162 valence electrons. The molecule has 1 amide bonds. The molecule has 1 N–H and O–H groups in total. The van der Waals surface area contributed by atoms with Gasteiger partial charge in [-0.1, -0.05) is 35.9 Å². The predicted octanol–water partition coefficient (Wildman–Crippen LogP) is 4.64. The minimum Gasteiger partial charge on any atom is -0.350 e. The maximum Gasteiger partial charge on any atom is 0.232 e. The van der Waals surface area contributed by atoms with Crippen molar-refractivity contribution in [3.8, 4) is 0 Å². The quantitative estimate of drug-likeness (QED) is 0.639. The Balaban J connectivity index is 1.55. The molecule has 0 unspecified atom stereocenters. The molecule has 0 aromatic heterocycles. The van der Waals surface area contributed by atoms with Gasteiger partial charge in [0.1, 0.15) is 0 Å². The van der Waals surface area contributed by atoms with Gasteiger partial charge in [-0.05, 0) is 73.9 Å². The third-order valence-electron chi connectivity index (χ3n) is 5.51. The molecule has 30 heavy (non-hydrogen) atoms. The van der Waals surface area contributed by atoms with Gasteiger partial charge in [-0.3, -0.25) is 9.10 Å². The van der Waals surface area contributed by atoms with Crippen LogP contribution < -0.4 is 9.62 Å². The number of aryl methyl sites for hydroxylation is 2. The van der Waals surface area contributed by atoms with Crippen LogP contribution >= 0.6 is 11.6 Å². The third-order valence-corrected chi connectivity index (χ3v) is 6.94. The molecule has 0 aliphatic heterocycles. The van der Waals surface area contributed by atoms with E-state index in [1.54, 1.807) is 24.3 Å². The molecule has 0 spiro atoms. The van der Waals surface area contributed by atoms with Crippen molar-refractivity contribution in [3.63, 3.8) is 0 Å². The standard InChI is InChI=1S/C23H29ClN2O3S/c1-17(19-13-12-18-7-3-4-8-20(18)15-19)25-23(27)11-6-14-26(30(2,28)29)22-10-5-9-21(24)16-22/h5,9-10,12-13,15-17H,3-4,6-8,11,14H2,1-2H3,(H,25,27)/t17-/m0/s1. The topological polar surface area (TPSA) is 66.5 Å². The van der Waals surface area contributed by atoms with Crippen LogP contribution in [0.4, 0.5) is 5.69 Å². The minimum absolute atomic E-state index is 0.0799. The van der Waals surface area contributed by atoms with Gasteiger partial charge in [-0.25, -0.2) is 8.42 Å². The van der Waals surface area contributed by atoms with Gasteiger partial charge in [0.05, 0.1) is 18.0 Å². The Morgan fingerprint density at radius 3 is 2.57 bits per heavy atom. The summed E-state index contributed by atoms with van der Waals surface area (Å²) in [5.74, 6) is -0.0836. The zero-order valence-electron chi connectivity index (χ0n) is 17.5. The fourth-order valence-electron chi connectivity index (χ4n) is 3.92. The van der Waals surface area contributed by atoms with Gasteiger partial charge in [0.15, 0.2) is 0 Å². The van der Waals surface area contributed by atoms with Crippen LogP contribution in [0.3, 0.4) is 0 Å². The van der Waals surface area contributed by atoms with E-state index in [0.29, 0.717) is 17.1 Å². The number of sulfonamides is 1. The molecule has 7 heteroatoms. The molecule has 5 nitrogen and oxygen atoms in total. The first kappa shape index (κ1) is 22.6. The zero-order valence-corrected chi connectivity index (χ0v) is 19.1. The molecule has 0 saturated carbocycles. The molecule has 0 saturated heterocycles. The van der Waals surface area contributed by atoms with Crippen molar-refractivity contribution in [2.75, 3.05) is 17.1 Å². The second kappa shape index (κ2) is 9.84. The summed E-state index contributed by atoms with van der Waals surface area (Å²) in [5, 5.41) is 3.51. The number of anilines is 1. The first-order chi connectivity index (χ1) is 14.2. The Hall–Kier alpha value is -2.05. The number of hydrogen-bond donors (Lipinski definition) is 1. The number of nitrogens with zero attached hydrogens (tertiary/aromatic N) is 1. The van der Waals surface area contributed by atoms with Crippen LogP contribution in [0.15, 0.2) is 42.5 Å². The smallest absolute Gasteiger partial charge is 0.232 e. The van der Waals surface area contributed by atoms with Crippen LogP contribution in [0.25, 0.3) is 0 Å². The van der Waals surface area contributed by atoms with Crippen LogP contribution in [0.5, 0.6) is 0 Å². The molecule has 0 heterocycles. The van der Waals surface area contributed by atoms with Gasteiger partial charge in [-0.2, -0.15) is 0 Å². The van der Waals surface area contributed by atoms with Crippen LogP contribution in [-0.2, 0) is 27.7 Å². The molecule has 0 bridgehead atoms. The first-order valence-corrected chi connectivity index (χ1v) is 12.6. The summed E-state index contributed by atoms with van der Waals surface area (Å²) in [5.41, 5.74) is 4.43. The fourth-order valence-corrected chi connectivity index (χ4v) is 5.06. The van der Waals surface area contributed by atoms with Crippen molar-refractivity contribution in [1.29, 1.82) is 0 Å². The molecular weight excluding hydrogens is 420 g/mol. The first-order valence-electron chi connectivity index (χ1n) is 10.4. The number of hydrogen-bond acceptors (Lipinski definition) is 3. The van der Waals surface area contributed by atoms with Crippen molar-refractivity contribution >= 4 is 33.2 Å². The molecule has 0 radical (unpaired) electrons. The number of carbonyl (C=O) groups excluding carboxylic acids is 1. The van der Waals surface area contributed by atoms with Crippen molar-refractivity contribution in [1.82, 2.24) is 5.32 Å². The number of fused-ring (bicyclic) bond motifs is 1. The summed E-state index contributed by atoms with van der Waals surface area (Å²) in [7, 11) is -3.46. The van der Waals surface area contributed by atoms with Crippen LogP contribution in [0.2, 0.25) is 5.02 Å². The molecule has 0 fully saturated rings. The number of rotatable bonds is 8. The Morgan fingerprint density at radius 1 is 1.13 bits per heavy atom. The summed E-state index contributed by atoms with van der Waals surface area (Å²) in [6.07, 6.45) is 6.55. The average Bonchev–Trinajstić information content (AvgIpc) is 2.69. The van der Waals surface area contributed by atoms with Gasteiger partial charge >= 0.3 is 0 Å². The minimum atomic E-state index is -3.46. The lowest BCUT2D eigenvalue weighted by atomic mass is 9.89. The predicted molar refractivity (Wildman–Crippen MR) is 123 cm³/mol. The van der Waals surface area contributed by atoms with Crippen molar-refractivity contribution in [2.45, 2.75) is 51.5 Å². The lowest BCUT2D eigenvalue weighted by Gasteiger charge is -2.23. The molecule has 3 rings (SSSR count). The van der Waals surface area contributed by atoms with E-state index >= 15 is 0 Å². The van der Waals surface area contributed by atoms with Crippen molar-refractivity contribution in [3.05, 3.63) is 64.2 Å². The molecule has 2 aromatic rings. The Labute approximate surface area is 184 Å². The van der Waals surface area contributed by atoms with E-state index < -0.39 is 10.0 Å². The van der Waals surface area contributed by atoms with E-state index in [0.717, 1.165) is 24.7 Å². The summed E-state index contributed by atoms with van der Waals surface area (Å²) >= 11 is 6.00. The largest absolute Gasteiger partial charge is 0.350 e. The lowest BCUT2D eigenvalue weighted by molar-refractivity contribution is -0.121. The van der Waals surface area contributed by atoms with E-state index in [-0.39, 0.29) is 24.9 Å². The van der Waals surface area contributed by atoms with E-state index in [1.807, 2.05) is 6.92 Å². The number of nitrogens with one attached hydrogen (secondary N) is 1. The van der Waals surface area contributed by atoms with Crippen molar-refractivity contribution < 1.29 is 13.2 Å². The van der Waals surface area contributed by atoms with Crippen molar-refractivity contribution in [2.24, 2.45) is 0 Å². The van der Waals surface area contributed by atoms with Gasteiger partial charge in [-0.15, -0.1) is 0 Å². The number of halogens is 1. The Bertz CT molecular complexity index is 1010. The summed E-state index contributed by atoms with van der Waals surface area (Å²) in [6.45, 7) is 2.21. The molecule has 1 atom stereocenters. The highest BCUT2D eigenvalue weighted by molar-refractivity contribution is 7.92. The second-order valence-corrected chi connectivity index (χ2v) is 10.3. The normalized spacial score (nSPS) is 14.6. The van der Waals surface area contributed by atoms with Crippen LogP contribution in [0.1, 0.15) is 55.3 Å². The average molecular weight is 449 g/mol. The van der Waals surface area contributed by atoms with Gasteiger partial charge in [0.2, 0.25) is 15.9 Å². The molecule has 1 aliphatic carbocycles. The van der Waals surface area contributed by atoms with Gasteiger partial charge in [0, 0.05) is 18.0 Å². The monoisotopic (exact) mass is 448 g/mol. The number of carbonyl (C=O) groups is 1. The number of amides is 1. The van der Waals surface area contributed by atoms with Crippen LogP contribution in [0, 0.1) is 0 Å². The highest BCUT2D eigenvalue weighted by atomic mass is 35.5. The summed E-state index contributed by atoms with van der Waals surface area (Å²) < 4.78 is 25.7. The highest BCUT2D eigenvalue weighted by Crippen LogP contribution is 2.25. The fraction of sp³-hybridized carbons (Fsp3) is 0.435. The van der Waals surface area contributed by atoms with Crippen LogP contribution in [-0.4, -0.2) is 27.1 Å². The molecular formula is C23H29ClN2O3S. The second-order valence-electron chi connectivity index (χ2n) is 7.94. The van der Waals surface area contributed by atoms with E-state index in [9.17, 15) is 13.2 Å². The summed E-state index contributed by atoms with van der Waals surface area (Å²) in [6, 6.07) is 13.1. The van der Waals surface area contributed by atoms with Gasteiger partial charge < -0.3 is 5.32 Å². The summed E-state index contributed by atoms with van der Waals surface area (Å²) in [4.78, 5) is 12.4. The SMILES string of the molecule is C[C@H](NC(=O)CCCN(c1cccc(Cl)c1)S(C)(=O)=O)c1ccc2c(c1)CCCC2. The van der Waals surface area contributed by atoms with Gasteiger partial charge in [0.25, 0.3) is 0 Å². The Kier molecular flexibility index (Phi) is 7.42. The van der Waals surface area contributed by atoms with E-state index in [4.69, 9.17) is 11.6 Å². The van der Waals surface area contributed by atoms with E-state index in [2.05, 4.69) is 23.5 Å². The van der Waals surface area contributed by atoms with E-state index in [1.165, 1.54) is 28.3 Å². The third kappa shape index (κ3) is 5.99. The Morgan fingerprint density at radius 2 is 1.87 bits per heavy atom. The maximum atomic E-state index is 12.4. The molecule has 1 aliphatic rings. The highest BCUT2D eigenvalue weighted by Gasteiger charge is 2.19. The zero-order chi connectivity index (χ0) is 21.7.